The maximum atomic E-state index is 12.7. The molecule has 1 amide bonds. The molecule has 0 spiro atoms. The lowest BCUT2D eigenvalue weighted by Crippen LogP contribution is -2.21. The van der Waals surface area contributed by atoms with Gasteiger partial charge in [0.05, 0.1) is 4.88 Å². The van der Waals surface area contributed by atoms with Crippen molar-refractivity contribution in [2.75, 3.05) is 0 Å². The van der Waals surface area contributed by atoms with Crippen LogP contribution >= 0.6 is 11.3 Å². The quantitative estimate of drug-likeness (QED) is 0.678. The summed E-state index contributed by atoms with van der Waals surface area (Å²) in [6, 6.07) is 13.4. The van der Waals surface area contributed by atoms with Gasteiger partial charge in [-0.2, -0.15) is 5.10 Å². The van der Waals surface area contributed by atoms with Gasteiger partial charge in [-0.1, -0.05) is 43.3 Å². The van der Waals surface area contributed by atoms with Crippen molar-refractivity contribution in [3.8, 4) is 0 Å². The molecule has 4 nitrogen and oxygen atoms in total. The molecule has 0 saturated heterocycles. The molecule has 1 N–H and O–H groups in total. The van der Waals surface area contributed by atoms with Crippen molar-refractivity contribution in [3.05, 3.63) is 68.9 Å². The maximum absolute atomic E-state index is 12.7. The molecule has 5 heteroatoms. The third-order valence-corrected chi connectivity index (χ3v) is 6.68. The van der Waals surface area contributed by atoms with Crippen LogP contribution in [0.4, 0.5) is 0 Å². The number of fused-ring (bicyclic) bond motifs is 1. The highest BCUT2D eigenvalue weighted by Gasteiger charge is 2.29. The van der Waals surface area contributed by atoms with Gasteiger partial charge < -0.3 is 0 Å². The standard InChI is InChI=1S/C22H18N2O2S/c1-12-8-9-17-14(10-12)11-18(27-17)22(26)24-23-20-15-6-2-4-13-5-3-7-16(19(13)15)21(20)25/h2-7,11-12H,8-10H2,1H3,(H,24,26)/b23-20-/t12-/m1/s1. The van der Waals surface area contributed by atoms with Gasteiger partial charge in [-0.25, -0.2) is 5.43 Å². The van der Waals surface area contributed by atoms with Crippen LogP contribution in [0.3, 0.4) is 0 Å². The molecule has 0 unspecified atom stereocenters. The number of Topliss-reactive ketones (excluding diaryl/α,β-unsaturated/α-hetero) is 1. The number of hydrazone groups is 1. The zero-order valence-corrected chi connectivity index (χ0v) is 15.7. The summed E-state index contributed by atoms with van der Waals surface area (Å²) < 4.78 is 0. The summed E-state index contributed by atoms with van der Waals surface area (Å²) in [6.45, 7) is 2.25. The first-order valence-electron chi connectivity index (χ1n) is 9.18. The SMILES string of the molecule is C[C@@H]1CCc2sc(C(=O)N/N=C3\C(=O)c4cccc5cccc3c45)cc2C1. The fraction of sp³-hybridized carbons (Fsp3) is 0.227. The molecule has 5 rings (SSSR count). The van der Waals surface area contributed by atoms with Gasteiger partial charge in [0, 0.05) is 21.4 Å². The van der Waals surface area contributed by atoms with E-state index in [-0.39, 0.29) is 11.7 Å². The van der Waals surface area contributed by atoms with Crippen LogP contribution in [0.2, 0.25) is 0 Å². The number of aryl methyl sites for hydroxylation is 1. The van der Waals surface area contributed by atoms with Gasteiger partial charge in [0.1, 0.15) is 5.71 Å². The number of nitrogens with one attached hydrogen (secondary N) is 1. The second-order valence-corrected chi connectivity index (χ2v) is 8.48. The molecule has 0 radical (unpaired) electrons. The van der Waals surface area contributed by atoms with Crippen LogP contribution in [-0.4, -0.2) is 17.4 Å². The Kier molecular flexibility index (Phi) is 3.72. The topological polar surface area (TPSA) is 58.5 Å². The van der Waals surface area contributed by atoms with E-state index in [9.17, 15) is 9.59 Å². The minimum absolute atomic E-state index is 0.138. The van der Waals surface area contributed by atoms with Crippen LogP contribution in [0, 0.1) is 5.92 Å². The van der Waals surface area contributed by atoms with Gasteiger partial charge in [-0.05, 0) is 42.2 Å². The van der Waals surface area contributed by atoms with Crippen molar-refractivity contribution in [1.29, 1.82) is 0 Å². The Hall–Kier alpha value is -2.79. The molecule has 1 heterocycles. The van der Waals surface area contributed by atoms with Crippen molar-refractivity contribution >= 4 is 39.5 Å². The van der Waals surface area contributed by atoms with Gasteiger partial charge in [0.2, 0.25) is 5.78 Å². The lowest BCUT2D eigenvalue weighted by atomic mass is 9.90. The summed E-state index contributed by atoms with van der Waals surface area (Å²) in [7, 11) is 0. The van der Waals surface area contributed by atoms with E-state index in [0.29, 0.717) is 22.1 Å². The number of rotatable bonds is 2. The second kappa shape index (κ2) is 6.13. The van der Waals surface area contributed by atoms with Gasteiger partial charge in [0.25, 0.3) is 5.91 Å². The third-order valence-electron chi connectivity index (χ3n) is 5.44. The number of benzene rings is 2. The highest BCUT2D eigenvalue weighted by atomic mass is 32.1. The Labute approximate surface area is 160 Å². The Morgan fingerprint density at radius 2 is 1.96 bits per heavy atom. The number of hydrogen-bond acceptors (Lipinski definition) is 4. The Morgan fingerprint density at radius 3 is 2.78 bits per heavy atom. The molecular weight excluding hydrogens is 356 g/mol. The van der Waals surface area contributed by atoms with Crippen molar-refractivity contribution in [1.82, 2.24) is 5.43 Å². The van der Waals surface area contributed by atoms with Gasteiger partial charge in [0.15, 0.2) is 0 Å². The molecule has 0 fully saturated rings. The molecule has 1 aromatic heterocycles. The summed E-state index contributed by atoms with van der Waals surface area (Å²) in [5, 5.41) is 6.14. The second-order valence-electron chi connectivity index (χ2n) is 7.35. The Balaban J connectivity index is 1.44. The molecular formula is C22H18N2O2S. The smallest absolute Gasteiger partial charge is 0.281 e. The van der Waals surface area contributed by atoms with Crippen LogP contribution < -0.4 is 5.43 Å². The van der Waals surface area contributed by atoms with E-state index < -0.39 is 0 Å². The number of amides is 1. The van der Waals surface area contributed by atoms with Crippen molar-refractivity contribution in [2.45, 2.75) is 26.2 Å². The summed E-state index contributed by atoms with van der Waals surface area (Å²) >= 11 is 1.54. The van der Waals surface area contributed by atoms with Crippen molar-refractivity contribution in [3.63, 3.8) is 0 Å². The Bertz CT molecular complexity index is 1140. The van der Waals surface area contributed by atoms with E-state index in [2.05, 4.69) is 17.5 Å². The molecule has 0 aliphatic heterocycles. The highest BCUT2D eigenvalue weighted by molar-refractivity contribution is 7.14. The van der Waals surface area contributed by atoms with Gasteiger partial charge >= 0.3 is 0 Å². The molecule has 2 aliphatic carbocycles. The van der Waals surface area contributed by atoms with Crippen LogP contribution in [0.15, 0.2) is 47.6 Å². The number of carbonyl (C=O) groups excluding carboxylic acids is 2. The number of hydrogen-bond donors (Lipinski definition) is 1. The predicted molar refractivity (Wildman–Crippen MR) is 108 cm³/mol. The van der Waals surface area contributed by atoms with Crippen LogP contribution in [0.5, 0.6) is 0 Å². The first kappa shape index (κ1) is 16.4. The van der Waals surface area contributed by atoms with Gasteiger partial charge in [-0.3, -0.25) is 9.59 Å². The molecule has 1 atom stereocenters. The molecule has 3 aromatic rings. The molecule has 2 aliphatic rings. The van der Waals surface area contributed by atoms with Gasteiger partial charge in [-0.15, -0.1) is 11.3 Å². The summed E-state index contributed by atoms with van der Waals surface area (Å²) in [4.78, 5) is 27.3. The number of carbonyl (C=O) groups is 2. The average Bonchev–Trinajstić information content (AvgIpc) is 3.21. The van der Waals surface area contributed by atoms with E-state index >= 15 is 0 Å². The number of thiophene rings is 1. The molecule has 134 valence electrons. The zero-order chi connectivity index (χ0) is 18.5. The summed E-state index contributed by atoms with van der Waals surface area (Å²) in [5.41, 5.74) is 5.64. The first-order valence-corrected chi connectivity index (χ1v) is 10.00. The normalized spacial score (nSPS) is 19.5. The maximum Gasteiger partial charge on any atom is 0.281 e. The molecule has 27 heavy (non-hydrogen) atoms. The summed E-state index contributed by atoms with van der Waals surface area (Å²) in [5.74, 6) is 0.283. The predicted octanol–water partition coefficient (Wildman–Crippen LogP) is 4.36. The fourth-order valence-corrected chi connectivity index (χ4v) is 5.17. The van der Waals surface area contributed by atoms with Crippen LogP contribution in [-0.2, 0) is 12.8 Å². The van der Waals surface area contributed by atoms with Crippen LogP contribution in [0.25, 0.3) is 10.8 Å². The van der Waals surface area contributed by atoms with E-state index in [0.717, 1.165) is 29.2 Å². The number of ketones is 1. The van der Waals surface area contributed by atoms with Crippen LogP contribution in [0.1, 0.15) is 49.4 Å². The monoisotopic (exact) mass is 374 g/mol. The molecule has 2 aromatic carbocycles. The van der Waals surface area contributed by atoms with E-state index in [1.165, 1.54) is 16.9 Å². The fourth-order valence-electron chi connectivity index (χ4n) is 4.07. The lowest BCUT2D eigenvalue weighted by Gasteiger charge is -2.16. The largest absolute Gasteiger partial charge is 0.287 e. The molecule has 0 bridgehead atoms. The van der Waals surface area contributed by atoms with Crippen molar-refractivity contribution < 1.29 is 9.59 Å². The molecule has 0 saturated carbocycles. The first-order chi connectivity index (χ1) is 13.1. The average molecular weight is 374 g/mol. The van der Waals surface area contributed by atoms with E-state index in [4.69, 9.17) is 0 Å². The minimum Gasteiger partial charge on any atom is -0.287 e. The highest BCUT2D eigenvalue weighted by Crippen LogP contribution is 2.33. The Morgan fingerprint density at radius 1 is 1.19 bits per heavy atom. The third kappa shape index (κ3) is 2.61. The van der Waals surface area contributed by atoms with Crippen molar-refractivity contribution in [2.24, 2.45) is 11.0 Å². The zero-order valence-electron chi connectivity index (χ0n) is 14.9. The van der Waals surface area contributed by atoms with E-state index in [1.807, 2.05) is 42.5 Å². The number of nitrogens with zero attached hydrogens (tertiary/aromatic N) is 1. The minimum atomic E-state index is -0.245. The lowest BCUT2D eigenvalue weighted by molar-refractivity contribution is 0.0959. The summed E-state index contributed by atoms with van der Waals surface area (Å²) in [6.07, 6.45) is 3.25. The van der Waals surface area contributed by atoms with E-state index in [1.54, 1.807) is 11.3 Å².